The maximum absolute atomic E-state index is 5.39. The average molecular weight is 287 g/mol. The second kappa shape index (κ2) is 5.37. The van der Waals surface area contributed by atoms with E-state index in [1.807, 2.05) is 18.2 Å². The van der Waals surface area contributed by atoms with Gasteiger partial charge in [0.25, 0.3) is 0 Å². The Kier molecular flexibility index (Phi) is 3.23. The molecular weight excluding hydrogens is 270 g/mol. The number of fused-ring (bicyclic) bond motifs is 1. The summed E-state index contributed by atoms with van der Waals surface area (Å²) >= 11 is 0. The van der Waals surface area contributed by atoms with Crippen molar-refractivity contribution in [3.63, 3.8) is 0 Å². The van der Waals surface area contributed by atoms with Crippen molar-refractivity contribution in [3.8, 4) is 22.9 Å². The highest BCUT2D eigenvalue weighted by molar-refractivity contribution is 5.61. The van der Waals surface area contributed by atoms with E-state index >= 15 is 0 Å². The first kappa shape index (κ1) is 12.6. The van der Waals surface area contributed by atoms with Gasteiger partial charge >= 0.3 is 0 Å². The summed E-state index contributed by atoms with van der Waals surface area (Å²) in [6, 6.07) is 5.69. The van der Waals surface area contributed by atoms with Crippen LogP contribution in [0.2, 0.25) is 0 Å². The highest BCUT2D eigenvalue weighted by Gasteiger charge is 2.19. The Labute approximate surface area is 122 Å². The first-order valence-electron chi connectivity index (χ1n) is 7.32. The Bertz CT molecular complexity index is 635. The zero-order valence-corrected chi connectivity index (χ0v) is 11.7. The Morgan fingerprint density at radius 1 is 1.14 bits per heavy atom. The van der Waals surface area contributed by atoms with Gasteiger partial charge in [0, 0.05) is 12.0 Å². The lowest BCUT2D eigenvalue weighted by molar-refractivity contribution is 0.174. The molecule has 2 aliphatic rings. The molecule has 0 spiro atoms. The van der Waals surface area contributed by atoms with E-state index < -0.39 is 0 Å². The van der Waals surface area contributed by atoms with E-state index in [1.54, 1.807) is 0 Å². The smallest absolute Gasteiger partial charge is 0.231 e. The fourth-order valence-electron chi connectivity index (χ4n) is 2.82. The second-order valence-corrected chi connectivity index (χ2v) is 5.48. The first-order chi connectivity index (χ1) is 10.4. The van der Waals surface area contributed by atoms with E-state index in [0.717, 1.165) is 42.5 Å². The van der Waals surface area contributed by atoms with Crippen molar-refractivity contribution >= 4 is 0 Å². The van der Waals surface area contributed by atoms with Crippen molar-refractivity contribution in [3.05, 3.63) is 24.1 Å². The minimum Gasteiger partial charge on any atom is -0.454 e. The van der Waals surface area contributed by atoms with Crippen molar-refractivity contribution < 1.29 is 14.0 Å². The molecule has 21 heavy (non-hydrogen) atoms. The van der Waals surface area contributed by atoms with Crippen molar-refractivity contribution in [2.24, 2.45) is 5.92 Å². The molecule has 0 saturated carbocycles. The van der Waals surface area contributed by atoms with Gasteiger partial charge in [0.2, 0.25) is 18.5 Å². The van der Waals surface area contributed by atoms with Crippen molar-refractivity contribution in [1.82, 2.24) is 15.5 Å². The van der Waals surface area contributed by atoms with Gasteiger partial charge in [-0.1, -0.05) is 5.16 Å². The van der Waals surface area contributed by atoms with Crippen LogP contribution in [0.1, 0.15) is 18.7 Å². The molecule has 3 heterocycles. The molecule has 1 aromatic carbocycles. The molecule has 1 saturated heterocycles. The Morgan fingerprint density at radius 3 is 2.90 bits per heavy atom. The number of ether oxygens (including phenoxy) is 2. The molecule has 4 rings (SSSR count). The fourth-order valence-corrected chi connectivity index (χ4v) is 2.82. The predicted octanol–water partition coefficient (Wildman–Crippen LogP) is 2.01. The standard InChI is InChI=1S/C15H17N3O3/c1-2-12-13(20-9-19-12)8-11(1)15-17-14(21-18-15)7-10-3-5-16-6-4-10/h1-2,8,10,16H,3-7,9H2. The van der Waals surface area contributed by atoms with E-state index in [-0.39, 0.29) is 6.79 Å². The van der Waals surface area contributed by atoms with E-state index in [2.05, 4.69) is 15.5 Å². The van der Waals surface area contributed by atoms with Gasteiger partial charge in [-0.3, -0.25) is 0 Å². The third-order valence-corrected chi connectivity index (χ3v) is 4.02. The molecule has 1 aromatic heterocycles. The van der Waals surface area contributed by atoms with Crippen LogP contribution in [0.25, 0.3) is 11.4 Å². The van der Waals surface area contributed by atoms with Crippen LogP contribution < -0.4 is 14.8 Å². The number of benzene rings is 1. The zero-order valence-electron chi connectivity index (χ0n) is 11.7. The zero-order chi connectivity index (χ0) is 14.1. The highest BCUT2D eigenvalue weighted by Crippen LogP contribution is 2.35. The van der Waals surface area contributed by atoms with Crippen LogP contribution in [0.5, 0.6) is 11.5 Å². The summed E-state index contributed by atoms with van der Waals surface area (Å²) in [6.07, 6.45) is 3.20. The average Bonchev–Trinajstić information content (AvgIpc) is 3.16. The van der Waals surface area contributed by atoms with Crippen LogP contribution in [-0.4, -0.2) is 30.0 Å². The molecule has 0 radical (unpaired) electrons. The molecule has 6 nitrogen and oxygen atoms in total. The Balaban J connectivity index is 1.51. The lowest BCUT2D eigenvalue weighted by Gasteiger charge is -2.20. The first-order valence-corrected chi connectivity index (χ1v) is 7.32. The monoisotopic (exact) mass is 287 g/mol. The minimum absolute atomic E-state index is 0.270. The van der Waals surface area contributed by atoms with Gasteiger partial charge in [-0.2, -0.15) is 4.98 Å². The van der Waals surface area contributed by atoms with Crippen LogP contribution >= 0.6 is 0 Å². The summed E-state index contributed by atoms with van der Waals surface area (Å²) in [7, 11) is 0. The number of nitrogens with zero attached hydrogens (tertiary/aromatic N) is 2. The molecule has 0 bridgehead atoms. The second-order valence-electron chi connectivity index (χ2n) is 5.48. The van der Waals surface area contributed by atoms with Gasteiger partial charge in [0.15, 0.2) is 11.5 Å². The molecule has 1 N–H and O–H groups in total. The van der Waals surface area contributed by atoms with Gasteiger partial charge in [0.1, 0.15) is 0 Å². The van der Waals surface area contributed by atoms with Gasteiger partial charge in [-0.15, -0.1) is 0 Å². The molecule has 2 aromatic rings. The lowest BCUT2D eigenvalue weighted by atomic mass is 9.95. The highest BCUT2D eigenvalue weighted by atomic mass is 16.7. The normalized spacial score (nSPS) is 18.1. The molecule has 0 amide bonds. The van der Waals surface area contributed by atoms with Crippen molar-refractivity contribution in [2.75, 3.05) is 19.9 Å². The van der Waals surface area contributed by atoms with Gasteiger partial charge in [-0.05, 0) is 50.0 Å². The summed E-state index contributed by atoms with van der Waals surface area (Å²) in [5, 5.41) is 7.44. The maximum atomic E-state index is 5.39. The van der Waals surface area contributed by atoms with E-state index in [1.165, 1.54) is 12.8 Å². The molecule has 2 aliphatic heterocycles. The third kappa shape index (κ3) is 2.58. The number of hydrogen-bond acceptors (Lipinski definition) is 6. The summed E-state index contributed by atoms with van der Waals surface area (Å²) in [4.78, 5) is 4.51. The number of rotatable bonds is 3. The minimum atomic E-state index is 0.270. The number of hydrogen-bond donors (Lipinski definition) is 1. The molecule has 0 aliphatic carbocycles. The molecule has 6 heteroatoms. The molecular formula is C15H17N3O3. The van der Waals surface area contributed by atoms with Crippen molar-refractivity contribution in [2.45, 2.75) is 19.3 Å². The van der Waals surface area contributed by atoms with E-state index in [9.17, 15) is 0 Å². The molecule has 1 fully saturated rings. The van der Waals surface area contributed by atoms with Crippen LogP contribution in [0, 0.1) is 5.92 Å². The summed E-state index contributed by atoms with van der Waals surface area (Å²) in [5.74, 6) is 3.46. The fraction of sp³-hybridized carbons (Fsp3) is 0.467. The topological polar surface area (TPSA) is 69.4 Å². The van der Waals surface area contributed by atoms with Crippen LogP contribution in [0.3, 0.4) is 0 Å². The quantitative estimate of drug-likeness (QED) is 0.931. The van der Waals surface area contributed by atoms with E-state index in [4.69, 9.17) is 14.0 Å². The largest absolute Gasteiger partial charge is 0.454 e. The van der Waals surface area contributed by atoms with Crippen LogP contribution in [0.15, 0.2) is 22.7 Å². The van der Waals surface area contributed by atoms with Gasteiger partial charge in [-0.25, -0.2) is 0 Å². The predicted molar refractivity (Wildman–Crippen MR) is 75.2 cm³/mol. The SMILES string of the molecule is c1cc2c(cc1-c1noc(CC3CCNCC3)n1)OCO2. The van der Waals surface area contributed by atoms with Gasteiger partial charge < -0.3 is 19.3 Å². The summed E-state index contributed by atoms with van der Waals surface area (Å²) in [6.45, 7) is 2.42. The van der Waals surface area contributed by atoms with Crippen LogP contribution in [0.4, 0.5) is 0 Å². The Hall–Kier alpha value is -2.08. The molecule has 0 unspecified atom stereocenters. The van der Waals surface area contributed by atoms with Crippen LogP contribution in [-0.2, 0) is 6.42 Å². The van der Waals surface area contributed by atoms with Crippen molar-refractivity contribution in [1.29, 1.82) is 0 Å². The van der Waals surface area contributed by atoms with E-state index in [0.29, 0.717) is 11.7 Å². The number of aromatic nitrogens is 2. The maximum Gasteiger partial charge on any atom is 0.231 e. The molecule has 110 valence electrons. The third-order valence-electron chi connectivity index (χ3n) is 4.02. The number of piperidine rings is 1. The summed E-state index contributed by atoms with van der Waals surface area (Å²) in [5.41, 5.74) is 0.888. The summed E-state index contributed by atoms with van der Waals surface area (Å²) < 4.78 is 16.1. The molecule has 0 atom stereocenters. The lowest BCUT2D eigenvalue weighted by Crippen LogP contribution is -2.28. The Morgan fingerprint density at radius 2 is 2.00 bits per heavy atom. The number of nitrogens with one attached hydrogen (secondary N) is 1. The van der Waals surface area contributed by atoms with Gasteiger partial charge in [0.05, 0.1) is 0 Å².